The van der Waals surface area contributed by atoms with Crippen LogP contribution in [-0.2, 0) is 0 Å². The largest absolute Gasteiger partial charge is 0.320 e. The number of halogens is 1. The maximum Gasteiger partial charge on any atom is 0.269 e. The summed E-state index contributed by atoms with van der Waals surface area (Å²) in [6.07, 6.45) is 0. The van der Waals surface area contributed by atoms with Gasteiger partial charge in [-0.2, -0.15) is 5.26 Å². The summed E-state index contributed by atoms with van der Waals surface area (Å²) >= 11 is 7.05. The SMILES string of the molecule is CC(C)c1nnsc1C(=O)Nc1cc(C#N)ccc1Cl. The van der Waals surface area contributed by atoms with E-state index in [2.05, 4.69) is 14.9 Å². The molecule has 1 aromatic heterocycles. The number of carbonyl (C=O) groups is 1. The van der Waals surface area contributed by atoms with Crippen LogP contribution < -0.4 is 5.32 Å². The van der Waals surface area contributed by atoms with E-state index in [9.17, 15) is 4.79 Å². The van der Waals surface area contributed by atoms with E-state index in [0.29, 0.717) is 26.8 Å². The molecule has 0 fully saturated rings. The van der Waals surface area contributed by atoms with Crippen LogP contribution in [0.2, 0.25) is 5.02 Å². The lowest BCUT2D eigenvalue weighted by molar-refractivity contribution is 0.102. The van der Waals surface area contributed by atoms with Crippen LogP contribution in [0.15, 0.2) is 18.2 Å². The Kier molecular flexibility index (Phi) is 4.32. The second-order valence-electron chi connectivity index (χ2n) is 4.40. The molecule has 0 aliphatic heterocycles. The number of benzene rings is 1. The maximum atomic E-state index is 12.2. The van der Waals surface area contributed by atoms with Crippen LogP contribution in [0, 0.1) is 11.3 Å². The van der Waals surface area contributed by atoms with E-state index < -0.39 is 0 Å². The normalized spacial score (nSPS) is 10.3. The summed E-state index contributed by atoms with van der Waals surface area (Å²) in [6, 6.07) is 6.69. The number of nitrogens with zero attached hydrogens (tertiary/aromatic N) is 3. The van der Waals surface area contributed by atoms with E-state index >= 15 is 0 Å². The van der Waals surface area contributed by atoms with E-state index in [1.54, 1.807) is 12.1 Å². The van der Waals surface area contributed by atoms with Crippen LogP contribution in [0.4, 0.5) is 5.69 Å². The van der Waals surface area contributed by atoms with Gasteiger partial charge in [-0.05, 0) is 35.6 Å². The molecule has 1 N–H and O–H groups in total. The van der Waals surface area contributed by atoms with Gasteiger partial charge in [0.2, 0.25) is 0 Å². The molecule has 0 spiro atoms. The van der Waals surface area contributed by atoms with Gasteiger partial charge in [-0.15, -0.1) is 5.10 Å². The number of anilines is 1. The predicted molar refractivity (Wildman–Crippen MR) is 78.1 cm³/mol. The zero-order valence-electron chi connectivity index (χ0n) is 10.8. The lowest BCUT2D eigenvalue weighted by atomic mass is 10.1. The maximum absolute atomic E-state index is 12.2. The Balaban J connectivity index is 2.28. The molecule has 7 heteroatoms. The van der Waals surface area contributed by atoms with Crippen LogP contribution in [-0.4, -0.2) is 15.5 Å². The van der Waals surface area contributed by atoms with Gasteiger partial charge in [0.05, 0.1) is 28.0 Å². The van der Waals surface area contributed by atoms with Crippen molar-refractivity contribution >= 4 is 34.7 Å². The number of carbonyl (C=O) groups excluding carboxylic acids is 1. The monoisotopic (exact) mass is 306 g/mol. The zero-order chi connectivity index (χ0) is 14.7. The molecule has 1 heterocycles. The molecule has 2 rings (SSSR count). The molecule has 0 aliphatic rings. The molecule has 1 amide bonds. The van der Waals surface area contributed by atoms with Gasteiger partial charge in [0.25, 0.3) is 5.91 Å². The molecular formula is C13H11ClN4OS. The third kappa shape index (κ3) is 2.95. The van der Waals surface area contributed by atoms with Crippen molar-refractivity contribution in [3.63, 3.8) is 0 Å². The first kappa shape index (κ1) is 14.4. The Bertz CT molecular complexity index is 690. The van der Waals surface area contributed by atoms with E-state index in [4.69, 9.17) is 16.9 Å². The van der Waals surface area contributed by atoms with E-state index in [0.717, 1.165) is 11.5 Å². The van der Waals surface area contributed by atoms with Crippen LogP contribution in [0.3, 0.4) is 0 Å². The molecule has 0 saturated heterocycles. The smallest absolute Gasteiger partial charge is 0.269 e. The first-order valence-corrected chi connectivity index (χ1v) is 7.01. The molecule has 102 valence electrons. The number of hydrogen-bond acceptors (Lipinski definition) is 5. The van der Waals surface area contributed by atoms with Crippen molar-refractivity contribution in [2.24, 2.45) is 0 Å². The highest BCUT2D eigenvalue weighted by Gasteiger charge is 2.19. The van der Waals surface area contributed by atoms with Crippen molar-refractivity contribution in [2.75, 3.05) is 5.32 Å². The van der Waals surface area contributed by atoms with Crippen molar-refractivity contribution in [3.05, 3.63) is 39.4 Å². The summed E-state index contributed by atoms with van der Waals surface area (Å²) in [5, 5.41) is 15.9. The van der Waals surface area contributed by atoms with Crippen LogP contribution in [0.1, 0.15) is 40.7 Å². The van der Waals surface area contributed by atoms with Crippen LogP contribution >= 0.6 is 23.1 Å². The van der Waals surface area contributed by atoms with Gasteiger partial charge in [-0.3, -0.25) is 4.79 Å². The minimum Gasteiger partial charge on any atom is -0.320 e. The molecule has 0 bridgehead atoms. The molecule has 5 nitrogen and oxygen atoms in total. The molecular weight excluding hydrogens is 296 g/mol. The fourth-order valence-electron chi connectivity index (χ4n) is 1.60. The first-order chi connectivity index (χ1) is 9.52. The summed E-state index contributed by atoms with van der Waals surface area (Å²) in [7, 11) is 0. The van der Waals surface area contributed by atoms with Gasteiger partial charge in [-0.25, -0.2) is 0 Å². The number of aromatic nitrogens is 2. The number of hydrogen-bond donors (Lipinski definition) is 1. The van der Waals surface area contributed by atoms with Crippen molar-refractivity contribution in [1.29, 1.82) is 5.26 Å². The Hall–Kier alpha value is -1.97. The van der Waals surface area contributed by atoms with Crippen molar-refractivity contribution < 1.29 is 4.79 Å². The van der Waals surface area contributed by atoms with Crippen molar-refractivity contribution in [2.45, 2.75) is 19.8 Å². The van der Waals surface area contributed by atoms with Gasteiger partial charge in [0.1, 0.15) is 4.88 Å². The number of amides is 1. The van der Waals surface area contributed by atoms with Crippen molar-refractivity contribution in [1.82, 2.24) is 9.59 Å². The average Bonchev–Trinajstić information content (AvgIpc) is 2.90. The highest BCUT2D eigenvalue weighted by molar-refractivity contribution is 7.08. The van der Waals surface area contributed by atoms with Gasteiger partial charge >= 0.3 is 0 Å². The molecule has 0 saturated carbocycles. The predicted octanol–water partition coefficient (Wildman–Crippen LogP) is 3.44. The molecule has 0 unspecified atom stereocenters. The van der Waals surface area contributed by atoms with Gasteiger partial charge in [0.15, 0.2) is 0 Å². The Morgan fingerprint density at radius 1 is 1.50 bits per heavy atom. The summed E-state index contributed by atoms with van der Waals surface area (Å²) in [5.74, 6) is -0.212. The summed E-state index contributed by atoms with van der Waals surface area (Å²) in [5.41, 5.74) is 1.48. The zero-order valence-corrected chi connectivity index (χ0v) is 12.4. The molecule has 1 aromatic carbocycles. The lowest BCUT2D eigenvalue weighted by Crippen LogP contribution is -2.13. The fraction of sp³-hybridized carbons (Fsp3) is 0.231. The molecule has 0 radical (unpaired) electrons. The second-order valence-corrected chi connectivity index (χ2v) is 5.56. The Morgan fingerprint density at radius 2 is 2.25 bits per heavy atom. The van der Waals surface area contributed by atoms with Gasteiger partial charge in [0, 0.05) is 0 Å². The molecule has 2 aromatic rings. The van der Waals surface area contributed by atoms with Crippen molar-refractivity contribution in [3.8, 4) is 6.07 Å². The number of nitriles is 1. The fourth-order valence-corrected chi connectivity index (χ4v) is 2.48. The van der Waals surface area contributed by atoms with Crippen LogP contribution in [0.25, 0.3) is 0 Å². The molecule has 20 heavy (non-hydrogen) atoms. The first-order valence-electron chi connectivity index (χ1n) is 5.86. The van der Waals surface area contributed by atoms with Gasteiger partial charge in [-0.1, -0.05) is 29.9 Å². The van der Waals surface area contributed by atoms with Gasteiger partial charge < -0.3 is 5.32 Å². The Morgan fingerprint density at radius 3 is 2.90 bits per heavy atom. The average molecular weight is 307 g/mol. The minimum atomic E-state index is -0.319. The summed E-state index contributed by atoms with van der Waals surface area (Å²) in [4.78, 5) is 12.7. The molecule has 0 atom stereocenters. The topological polar surface area (TPSA) is 78.7 Å². The second kappa shape index (κ2) is 5.99. The third-order valence-corrected chi connectivity index (χ3v) is 3.68. The Labute approximate surface area is 125 Å². The highest BCUT2D eigenvalue weighted by Crippen LogP contribution is 2.25. The minimum absolute atomic E-state index is 0.107. The highest BCUT2D eigenvalue weighted by atomic mass is 35.5. The third-order valence-electron chi connectivity index (χ3n) is 2.61. The van der Waals surface area contributed by atoms with E-state index in [1.807, 2.05) is 19.9 Å². The lowest BCUT2D eigenvalue weighted by Gasteiger charge is -2.08. The van der Waals surface area contributed by atoms with Crippen LogP contribution in [0.5, 0.6) is 0 Å². The molecule has 0 aliphatic carbocycles. The van der Waals surface area contributed by atoms with E-state index in [-0.39, 0.29) is 11.8 Å². The number of nitrogens with one attached hydrogen (secondary N) is 1. The van der Waals surface area contributed by atoms with E-state index in [1.165, 1.54) is 6.07 Å². The summed E-state index contributed by atoms with van der Waals surface area (Å²) in [6.45, 7) is 3.88. The quantitative estimate of drug-likeness (QED) is 0.942. The number of rotatable bonds is 3. The summed E-state index contributed by atoms with van der Waals surface area (Å²) < 4.78 is 3.81. The standard InChI is InChI=1S/C13H11ClN4OS/c1-7(2)11-12(20-18-17-11)13(19)16-10-5-8(6-15)3-4-9(10)14/h3-5,7H,1-2H3,(H,16,19).